The molecule has 5 nitrogen and oxygen atoms in total. The van der Waals surface area contributed by atoms with Crippen LogP contribution >= 0.6 is 0 Å². The number of carbonyl (C=O) groups is 1. The Morgan fingerprint density at radius 1 is 1.39 bits per heavy atom. The lowest BCUT2D eigenvalue weighted by Crippen LogP contribution is -2.25. The summed E-state index contributed by atoms with van der Waals surface area (Å²) < 4.78 is 16.6. The maximum Gasteiger partial charge on any atom is 0.246 e. The minimum atomic E-state index is 0.0198. The van der Waals surface area contributed by atoms with Gasteiger partial charge in [0.25, 0.3) is 0 Å². The summed E-state index contributed by atoms with van der Waals surface area (Å²) in [6, 6.07) is 1.91. The van der Waals surface area contributed by atoms with Crippen molar-refractivity contribution < 1.29 is 19.0 Å². The van der Waals surface area contributed by atoms with Crippen molar-refractivity contribution in [2.45, 2.75) is 19.3 Å². The van der Waals surface area contributed by atoms with Crippen molar-refractivity contribution in [3.8, 4) is 17.2 Å². The van der Waals surface area contributed by atoms with Crippen LogP contribution in [-0.2, 0) is 11.2 Å². The van der Waals surface area contributed by atoms with Gasteiger partial charge in [0, 0.05) is 24.7 Å². The Morgan fingerprint density at radius 3 is 2.87 bits per heavy atom. The van der Waals surface area contributed by atoms with E-state index in [0.29, 0.717) is 23.7 Å². The fourth-order valence-corrected chi connectivity index (χ4v) is 3.00. The summed E-state index contributed by atoms with van der Waals surface area (Å²) >= 11 is 0. The number of benzene rings is 1. The second kappa shape index (κ2) is 6.77. The van der Waals surface area contributed by atoms with Crippen LogP contribution in [0, 0.1) is 0 Å². The Bertz CT molecular complexity index is 645. The van der Waals surface area contributed by atoms with Crippen molar-refractivity contribution in [1.29, 1.82) is 0 Å². The molecule has 0 bridgehead atoms. The van der Waals surface area contributed by atoms with Crippen LogP contribution in [-0.4, -0.2) is 37.8 Å². The number of nitrogens with zero attached hydrogens (tertiary/aromatic N) is 1. The third-order valence-corrected chi connectivity index (χ3v) is 4.11. The van der Waals surface area contributed by atoms with Crippen LogP contribution in [0.4, 0.5) is 0 Å². The minimum Gasteiger partial charge on any atom is -0.496 e. The summed E-state index contributed by atoms with van der Waals surface area (Å²) in [5, 5.41) is 0. The van der Waals surface area contributed by atoms with Crippen LogP contribution in [0.5, 0.6) is 17.2 Å². The van der Waals surface area contributed by atoms with Gasteiger partial charge in [0.1, 0.15) is 5.75 Å². The summed E-state index contributed by atoms with van der Waals surface area (Å²) in [6.45, 7) is 5.61. The fraction of sp³-hybridized carbons (Fsp3) is 0.389. The molecular formula is C18H21NO4. The highest BCUT2D eigenvalue weighted by molar-refractivity contribution is 5.93. The van der Waals surface area contributed by atoms with E-state index in [1.54, 1.807) is 19.3 Å². The lowest BCUT2D eigenvalue weighted by Gasteiger charge is -2.14. The molecule has 2 aliphatic heterocycles. The van der Waals surface area contributed by atoms with Gasteiger partial charge in [0.05, 0.1) is 12.7 Å². The molecule has 1 saturated heterocycles. The number of carbonyl (C=O) groups excluding carboxylic acids is 1. The van der Waals surface area contributed by atoms with Gasteiger partial charge in [-0.15, -0.1) is 6.58 Å². The molecule has 3 rings (SSSR count). The van der Waals surface area contributed by atoms with Gasteiger partial charge in [-0.25, -0.2) is 0 Å². The first kappa shape index (κ1) is 15.5. The lowest BCUT2D eigenvalue weighted by molar-refractivity contribution is -0.124. The summed E-state index contributed by atoms with van der Waals surface area (Å²) in [5.74, 6) is 2.02. The number of hydrogen-bond acceptors (Lipinski definition) is 4. The lowest BCUT2D eigenvalue weighted by atomic mass is 10.0. The van der Waals surface area contributed by atoms with Gasteiger partial charge >= 0.3 is 0 Å². The number of ether oxygens (including phenoxy) is 3. The molecule has 1 amide bonds. The van der Waals surface area contributed by atoms with Crippen LogP contribution in [0.3, 0.4) is 0 Å². The molecular weight excluding hydrogens is 294 g/mol. The Balaban J connectivity index is 1.96. The molecule has 23 heavy (non-hydrogen) atoms. The number of amides is 1. The van der Waals surface area contributed by atoms with Gasteiger partial charge in [-0.3, -0.25) is 4.79 Å². The molecule has 1 fully saturated rings. The smallest absolute Gasteiger partial charge is 0.246 e. The standard InChI is InChI=1S/C18H21NO4/c1-3-6-13-11-15-18(23-12-22-15)14(17(13)21-2)7-8-16(20)19-9-4-5-10-19/h3,7-8,11H,1,4-6,9-10,12H2,2H3/b8-7+. The maximum absolute atomic E-state index is 12.2. The number of rotatable bonds is 5. The normalized spacial score (nSPS) is 16.1. The molecule has 2 aliphatic rings. The predicted molar refractivity (Wildman–Crippen MR) is 87.9 cm³/mol. The summed E-state index contributed by atoms with van der Waals surface area (Å²) in [7, 11) is 1.61. The Morgan fingerprint density at radius 2 is 2.17 bits per heavy atom. The molecule has 122 valence electrons. The third kappa shape index (κ3) is 3.04. The maximum atomic E-state index is 12.2. The van der Waals surface area contributed by atoms with Crippen molar-refractivity contribution in [3.63, 3.8) is 0 Å². The van der Waals surface area contributed by atoms with E-state index in [0.717, 1.165) is 37.1 Å². The van der Waals surface area contributed by atoms with Crippen molar-refractivity contribution in [2.24, 2.45) is 0 Å². The topological polar surface area (TPSA) is 48.0 Å². The molecule has 0 radical (unpaired) electrons. The molecule has 0 N–H and O–H groups in total. The zero-order chi connectivity index (χ0) is 16.2. The van der Waals surface area contributed by atoms with Crippen molar-refractivity contribution in [3.05, 3.63) is 35.9 Å². The number of allylic oxidation sites excluding steroid dienone is 1. The Kier molecular flexibility index (Phi) is 4.55. The van der Waals surface area contributed by atoms with Gasteiger partial charge in [-0.1, -0.05) is 6.08 Å². The Hall–Kier alpha value is -2.43. The van der Waals surface area contributed by atoms with E-state index < -0.39 is 0 Å². The highest BCUT2D eigenvalue weighted by Crippen LogP contribution is 2.44. The third-order valence-electron chi connectivity index (χ3n) is 4.11. The van der Waals surface area contributed by atoms with Gasteiger partial charge in [-0.05, 0) is 31.4 Å². The number of fused-ring (bicyclic) bond motifs is 1. The average molecular weight is 315 g/mol. The van der Waals surface area contributed by atoms with E-state index >= 15 is 0 Å². The van der Waals surface area contributed by atoms with Crippen LogP contribution in [0.15, 0.2) is 24.8 Å². The van der Waals surface area contributed by atoms with Crippen LogP contribution in [0.25, 0.3) is 6.08 Å². The minimum absolute atomic E-state index is 0.0198. The van der Waals surface area contributed by atoms with Gasteiger partial charge < -0.3 is 19.1 Å². The molecule has 0 aliphatic carbocycles. The zero-order valence-electron chi connectivity index (χ0n) is 13.3. The quantitative estimate of drug-likeness (QED) is 0.619. The highest BCUT2D eigenvalue weighted by atomic mass is 16.7. The molecule has 0 aromatic heterocycles. The number of likely N-dealkylation sites (tertiary alicyclic amines) is 1. The molecule has 0 spiro atoms. The molecule has 0 saturated carbocycles. The van der Waals surface area contributed by atoms with E-state index in [1.165, 1.54) is 0 Å². The molecule has 1 aromatic carbocycles. The van der Waals surface area contributed by atoms with Crippen molar-refractivity contribution in [1.82, 2.24) is 4.90 Å². The van der Waals surface area contributed by atoms with E-state index in [1.807, 2.05) is 17.0 Å². The largest absolute Gasteiger partial charge is 0.496 e. The van der Waals surface area contributed by atoms with E-state index in [9.17, 15) is 4.79 Å². The SMILES string of the molecule is C=CCc1cc2c(c(/C=C/C(=O)N3CCCC3)c1OC)OCO2. The van der Waals surface area contributed by atoms with Gasteiger partial charge in [0.15, 0.2) is 11.5 Å². The van der Waals surface area contributed by atoms with Crippen LogP contribution in [0.2, 0.25) is 0 Å². The van der Waals surface area contributed by atoms with E-state index in [-0.39, 0.29) is 12.7 Å². The van der Waals surface area contributed by atoms with Gasteiger partial charge in [-0.2, -0.15) is 0 Å². The van der Waals surface area contributed by atoms with Crippen molar-refractivity contribution in [2.75, 3.05) is 27.0 Å². The van der Waals surface area contributed by atoms with E-state index in [4.69, 9.17) is 14.2 Å². The van der Waals surface area contributed by atoms with Crippen molar-refractivity contribution >= 4 is 12.0 Å². The first-order valence-corrected chi connectivity index (χ1v) is 7.82. The van der Waals surface area contributed by atoms with Crippen LogP contribution < -0.4 is 14.2 Å². The van der Waals surface area contributed by atoms with E-state index in [2.05, 4.69) is 6.58 Å². The van der Waals surface area contributed by atoms with Gasteiger partial charge in [0.2, 0.25) is 12.7 Å². The second-order valence-corrected chi connectivity index (χ2v) is 5.57. The molecule has 1 aromatic rings. The molecule has 0 atom stereocenters. The summed E-state index contributed by atoms with van der Waals surface area (Å²) in [6.07, 6.45) is 7.96. The average Bonchev–Trinajstić information content (AvgIpc) is 3.23. The predicted octanol–water partition coefficient (Wildman–Crippen LogP) is 2.79. The number of hydrogen-bond donors (Lipinski definition) is 0. The first-order valence-electron chi connectivity index (χ1n) is 7.82. The summed E-state index contributed by atoms with van der Waals surface area (Å²) in [4.78, 5) is 14.1. The highest BCUT2D eigenvalue weighted by Gasteiger charge is 2.24. The molecule has 2 heterocycles. The fourth-order valence-electron chi connectivity index (χ4n) is 3.00. The molecule has 0 unspecified atom stereocenters. The Labute approximate surface area is 136 Å². The second-order valence-electron chi connectivity index (χ2n) is 5.57. The summed E-state index contributed by atoms with van der Waals surface area (Å²) in [5.41, 5.74) is 1.70. The number of methoxy groups -OCH3 is 1. The monoisotopic (exact) mass is 315 g/mol. The first-order chi connectivity index (χ1) is 11.2. The zero-order valence-corrected chi connectivity index (χ0v) is 13.3. The molecule has 5 heteroatoms. The van der Waals surface area contributed by atoms with Crippen LogP contribution in [0.1, 0.15) is 24.0 Å².